The van der Waals surface area contributed by atoms with Crippen LogP contribution >= 0.6 is 0 Å². The van der Waals surface area contributed by atoms with E-state index in [1.54, 1.807) is 24.4 Å². The van der Waals surface area contributed by atoms with Crippen LogP contribution < -0.4 is 5.56 Å². The fourth-order valence-corrected chi connectivity index (χ4v) is 3.15. The minimum absolute atomic E-state index is 0.0387. The quantitative estimate of drug-likeness (QED) is 0.940. The fourth-order valence-electron chi connectivity index (χ4n) is 3.15. The van der Waals surface area contributed by atoms with Crippen molar-refractivity contribution in [2.24, 2.45) is 0 Å². The van der Waals surface area contributed by atoms with Gasteiger partial charge in [-0.05, 0) is 32.0 Å². The first-order chi connectivity index (χ1) is 10.1. The number of hydrogen-bond acceptors (Lipinski definition) is 4. The number of aromatic hydroxyl groups is 1. The van der Waals surface area contributed by atoms with Crippen LogP contribution in [0, 0.1) is 0 Å². The zero-order valence-corrected chi connectivity index (χ0v) is 12.3. The molecular weight excluding hydrogens is 266 g/mol. The van der Waals surface area contributed by atoms with Gasteiger partial charge in [-0.15, -0.1) is 0 Å². The van der Waals surface area contributed by atoms with Crippen LogP contribution in [0.15, 0.2) is 29.2 Å². The van der Waals surface area contributed by atoms with Crippen molar-refractivity contribution in [3.8, 4) is 5.75 Å². The number of hydrogen-bond donors (Lipinski definition) is 1. The molecular formula is C16H21N3O2. The first-order valence-electron chi connectivity index (χ1n) is 7.55. The summed E-state index contributed by atoms with van der Waals surface area (Å²) in [7, 11) is 2.09. The van der Waals surface area contributed by atoms with Crippen LogP contribution in [0.3, 0.4) is 0 Å². The Morgan fingerprint density at radius 3 is 2.90 bits per heavy atom. The summed E-state index contributed by atoms with van der Waals surface area (Å²) >= 11 is 0. The van der Waals surface area contributed by atoms with E-state index in [2.05, 4.69) is 16.9 Å². The van der Waals surface area contributed by atoms with Crippen LogP contribution in [0.1, 0.15) is 37.8 Å². The molecule has 21 heavy (non-hydrogen) atoms. The normalized spacial score (nSPS) is 16.7. The third-order valence-electron chi connectivity index (χ3n) is 4.33. The molecule has 0 aliphatic heterocycles. The summed E-state index contributed by atoms with van der Waals surface area (Å²) in [4.78, 5) is 18.8. The molecule has 0 unspecified atom stereocenters. The van der Waals surface area contributed by atoms with E-state index in [-0.39, 0.29) is 11.3 Å². The van der Waals surface area contributed by atoms with Gasteiger partial charge in [-0.1, -0.05) is 19.3 Å². The highest BCUT2D eigenvalue weighted by atomic mass is 16.3. The largest absolute Gasteiger partial charge is 0.504 e. The van der Waals surface area contributed by atoms with E-state index in [0.717, 1.165) is 5.69 Å². The van der Waals surface area contributed by atoms with E-state index in [4.69, 9.17) is 0 Å². The molecule has 0 radical (unpaired) electrons. The van der Waals surface area contributed by atoms with Gasteiger partial charge in [-0.2, -0.15) is 0 Å². The molecule has 0 saturated heterocycles. The topological polar surface area (TPSA) is 57.8 Å². The highest BCUT2D eigenvalue weighted by Gasteiger charge is 2.18. The van der Waals surface area contributed by atoms with Crippen LogP contribution in [-0.2, 0) is 6.54 Å². The van der Waals surface area contributed by atoms with E-state index in [1.807, 2.05) is 0 Å². The van der Waals surface area contributed by atoms with E-state index in [1.165, 1.54) is 36.5 Å². The highest BCUT2D eigenvalue weighted by Crippen LogP contribution is 2.22. The van der Waals surface area contributed by atoms with Crippen LogP contribution in [0.4, 0.5) is 0 Å². The Bertz CT molecular complexity index is 689. The van der Waals surface area contributed by atoms with Crippen LogP contribution in [0.25, 0.3) is 5.65 Å². The lowest BCUT2D eigenvalue weighted by Crippen LogP contribution is -2.33. The Kier molecular flexibility index (Phi) is 3.92. The summed E-state index contributed by atoms with van der Waals surface area (Å²) in [6, 6.07) is 5.32. The molecule has 1 aliphatic carbocycles. The minimum Gasteiger partial charge on any atom is -0.504 e. The van der Waals surface area contributed by atoms with Gasteiger partial charge in [-0.25, -0.2) is 4.98 Å². The summed E-state index contributed by atoms with van der Waals surface area (Å²) in [5.74, 6) is 0.0387. The second kappa shape index (κ2) is 5.85. The summed E-state index contributed by atoms with van der Waals surface area (Å²) in [5, 5.41) is 9.87. The molecule has 2 aromatic heterocycles. The van der Waals surface area contributed by atoms with Crippen LogP contribution in [0.2, 0.25) is 0 Å². The molecule has 2 heterocycles. The van der Waals surface area contributed by atoms with E-state index >= 15 is 0 Å². The molecule has 0 amide bonds. The second-order valence-corrected chi connectivity index (χ2v) is 5.88. The van der Waals surface area contributed by atoms with Crippen molar-refractivity contribution in [2.75, 3.05) is 7.05 Å². The predicted octanol–water partition coefficient (Wildman–Crippen LogP) is 2.16. The molecule has 112 valence electrons. The average Bonchev–Trinajstić information content (AvgIpc) is 2.49. The molecule has 0 atom stereocenters. The lowest BCUT2D eigenvalue weighted by Gasteiger charge is -2.30. The van der Waals surface area contributed by atoms with Gasteiger partial charge in [0.2, 0.25) is 0 Å². The smallest absolute Gasteiger partial charge is 0.258 e. The van der Waals surface area contributed by atoms with Crippen LogP contribution in [-0.4, -0.2) is 32.5 Å². The number of rotatable bonds is 3. The third-order valence-corrected chi connectivity index (χ3v) is 4.33. The molecule has 2 aromatic rings. The van der Waals surface area contributed by atoms with Gasteiger partial charge < -0.3 is 5.11 Å². The van der Waals surface area contributed by atoms with Gasteiger partial charge in [0.05, 0.1) is 5.69 Å². The Labute approximate surface area is 123 Å². The summed E-state index contributed by atoms with van der Waals surface area (Å²) in [5.41, 5.74) is 0.898. The van der Waals surface area contributed by atoms with Gasteiger partial charge in [0, 0.05) is 24.8 Å². The Balaban J connectivity index is 1.87. The average molecular weight is 287 g/mol. The molecule has 1 fully saturated rings. The molecule has 5 nitrogen and oxygen atoms in total. The molecule has 1 saturated carbocycles. The third kappa shape index (κ3) is 2.93. The standard InChI is InChI=1S/C16H21N3O2/c1-18(13-6-3-2-4-7-13)11-12-10-15(21)19-9-5-8-14(20)16(19)17-12/h5,8-10,13,20H,2-4,6-7,11H2,1H3. The number of aromatic nitrogens is 2. The van der Waals surface area contributed by atoms with Gasteiger partial charge in [0.1, 0.15) is 0 Å². The summed E-state index contributed by atoms with van der Waals surface area (Å²) in [6.45, 7) is 0.644. The first kappa shape index (κ1) is 14.1. The zero-order chi connectivity index (χ0) is 14.8. The number of pyridine rings is 1. The first-order valence-corrected chi connectivity index (χ1v) is 7.55. The minimum atomic E-state index is -0.150. The molecule has 3 rings (SSSR count). The maximum Gasteiger partial charge on any atom is 0.258 e. The maximum absolute atomic E-state index is 12.1. The molecule has 1 aliphatic rings. The Hall–Kier alpha value is -1.88. The lowest BCUT2D eigenvalue weighted by atomic mass is 9.94. The van der Waals surface area contributed by atoms with Crippen molar-refractivity contribution in [2.45, 2.75) is 44.7 Å². The molecule has 0 aromatic carbocycles. The summed E-state index contributed by atoms with van der Waals surface area (Å²) in [6.07, 6.45) is 7.95. The summed E-state index contributed by atoms with van der Waals surface area (Å²) < 4.78 is 1.37. The maximum atomic E-state index is 12.1. The predicted molar refractivity (Wildman–Crippen MR) is 81.5 cm³/mol. The number of nitrogens with zero attached hydrogens (tertiary/aromatic N) is 3. The van der Waals surface area contributed by atoms with Gasteiger partial charge in [-0.3, -0.25) is 14.1 Å². The van der Waals surface area contributed by atoms with Gasteiger partial charge in [0.15, 0.2) is 11.4 Å². The lowest BCUT2D eigenvalue weighted by molar-refractivity contribution is 0.183. The van der Waals surface area contributed by atoms with Gasteiger partial charge in [0.25, 0.3) is 5.56 Å². The van der Waals surface area contributed by atoms with Crippen molar-refractivity contribution in [1.29, 1.82) is 0 Å². The Morgan fingerprint density at radius 2 is 2.14 bits per heavy atom. The van der Waals surface area contributed by atoms with E-state index in [9.17, 15) is 9.90 Å². The molecule has 1 N–H and O–H groups in total. The molecule has 5 heteroatoms. The van der Waals surface area contributed by atoms with E-state index in [0.29, 0.717) is 18.2 Å². The van der Waals surface area contributed by atoms with Crippen molar-refractivity contribution < 1.29 is 5.11 Å². The zero-order valence-electron chi connectivity index (χ0n) is 12.3. The van der Waals surface area contributed by atoms with Crippen LogP contribution in [0.5, 0.6) is 5.75 Å². The fraction of sp³-hybridized carbons (Fsp3) is 0.500. The monoisotopic (exact) mass is 287 g/mol. The van der Waals surface area contributed by atoms with E-state index < -0.39 is 0 Å². The Morgan fingerprint density at radius 1 is 1.38 bits per heavy atom. The SMILES string of the molecule is CN(Cc1cc(=O)n2cccc(O)c2n1)C1CCCCC1. The number of fused-ring (bicyclic) bond motifs is 1. The second-order valence-electron chi connectivity index (χ2n) is 5.88. The van der Waals surface area contributed by atoms with Crippen molar-refractivity contribution in [3.63, 3.8) is 0 Å². The van der Waals surface area contributed by atoms with Crippen molar-refractivity contribution >= 4 is 5.65 Å². The molecule has 0 bridgehead atoms. The van der Waals surface area contributed by atoms with Gasteiger partial charge >= 0.3 is 0 Å². The van der Waals surface area contributed by atoms with Crippen molar-refractivity contribution in [3.05, 3.63) is 40.4 Å². The molecule has 0 spiro atoms. The van der Waals surface area contributed by atoms with Crippen molar-refractivity contribution in [1.82, 2.24) is 14.3 Å². The highest BCUT2D eigenvalue weighted by molar-refractivity contribution is 5.52.